The lowest BCUT2D eigenvalue weighted by atomic mass is 10.2. The normalized spacial score (nSPS) is 24.2. The summed E-state index contributed by atoms with van der Waals surface area (Å²) in [6, 6.07) is 3.86. The molecule has 1 aromatic rings. The van der Waals surface area contributed by atoms with Gasteiger partial charge in [-0.3, -0.25) is 0 Å². The number of benzene rings is 1. The van der Waals surface area contributed by atoms with E-state index in [0.29, 0.717) is 5.56 Å². The van der Waals surface area contributed by atoms with Crippen molar-refractivity contribution < 1.29 is 27.0 Å². The van der Waals surface area contributed by atoms with Crippen LogP contribution in [0.15, 0.2) is 23.1 Å². The average Bonchev–Trinajstić information content (AvgIpc) is 2.71. The molecule has 0 spiro atoms. The predicted molar refractivity (Wildman–Crippen MR) is 85.3 cm³/mol. The molecule has 0 unspecified atom stereocenters. The van der Waals surface area contributed by atoms with Gasteiger partial charge >= 0.3 is 0 Å². The minimum Gasteiger partial charge on any atom is -0.395 e. The summed E-state index contributed by atoms with van der Waals surface area (Å²) in [6.45, 7) is 2.66. The number of aryl methyl sites for hydroxylation is 2. The fraction of sp³-hybridized carbons (Fsp3) is 0.571. The minimum absolute atomic E-state index is 0.0578. The molecule has 1 saturated heterocycles. The number of rotatable bonds is 5. The van der Waals surface area contributed by atoms with Crippen LogP contribution in [0.2, 0.25) is 0 Å². The lowest BCUT2D eigenvalue weighted by Gasteiger charge is -2.29. The van der Waals surface area contributed by atoms with Gasteiger partial charge in [0, 0.05) is 6.54 Å². The van der Waals surface area contributed by atoms with E-state index in [1.807, 2.05) is 0 Å². The molecule has 1 aliphatic rings. The summed E-state index contributed by atoms with van der Waals surface area (Å²) in [5.74, 6) is -0.916. The van der Waals surface area contributed by atoms with E-state index in [0.717, 1.165) is 9.87 Å². The second-order valence-corrected chi connectivity index (χ2v) is 9.83. The molecule has 1 aliphatic heterocycles. The zero-order chi connectivity index (χ0) is 17.4. The number of sulfonamides is 1. The van der Waals surface area contributed by atoms with Gasteiger partial charge in [-0.15, -0.1) is 0 Å². The van der Waals surface area contributed by atoms with Crippen LogP contribution in [-0.2, 0) is 19.9 Å². The van der Waals surface area contributed by atoms with Gasteiger partial charge < -0.3 is 10.2 Å². The maximum atomic E-state index is 12.9. The van der Waals surface area contributed by atoms with Crippen molar-refractivity contribution in [3.8, 4) is 0 Å². The summed E-state index contributed by atoms with van der Waals surface area (Å²) in [5.41, 5.74) is 1.27. The van der Waals surface area contributed by atoms with Crippen LogP contribution in [0.25, 0.3) is 0 Å². The first kappa shape index (κ1) is 18.3. The van der Waals surface area contributed by atoms with Crippen LogP contribution in [0.3, 0.4) is 0 Å². The molecular formula is C14H21NO6S2. The summed E-state index contributed by atoms with van der Waals surface area (Å²) >= 11 is 0. The lowest BCUT2D eigenvalue weighted by molar-refractivity contribution is 0.117. The van der Waals surface area contributed by atoms with Gasteiger partial charge in [0.25, 0.3) is 0 Å². The molecule has 7 nitrogen and oxygen atoms in total. The molecule has 0 bridgehead atoms. The number of hydrogen-bond donors (Lipinski definition) is 2. The number of nitrogens with zero attached hydrogens (tertiary/aromatic N) is 1. The SMILES string of the molecule is Cc1ccc(C)c(S(=O)(=O)N(CCO)[C@H]2CS(=O)(=O)C[C@@H]2O)c1. The molecule has 1 aromatic carbocycles. The summed E-state index contributed by atoms with van der Waals surface area (Å²) in [6.07, 6.45) is -1.30. The highest BCUT2D eigenvalue weighted by molar-refractivity contribution is 7.92. The Bertz CT molecular complexity index is 787. The molecule has 2 rings (SSSR count). The molecule has 0 aliphatic carbocycles. The highest BCUT2D eigenvalue weighted by atomic mass is 32.2. The van der Waals surface area contributed by atoms with Gasteiger partial charge in [-0.1, -0.05) is 12.1 Å². The molecule has 1 fully saturated rings. The van der Waals surface area contributed by atoms with Crippen molar-refractivity contribution in [2.45, 2.75) is 30.9 Å². The molecule has 2 N–H and O–H groups in total. The van der Waals surface area contributed by atoms with Gasteiger partial charge in [-0.25, -0.2) is 16.8 Å². The van der Waals surface area contributed by atoms with Crippen LogP contribution in [0.1, 0.15) is 11.1 Å². The molecule has 2 atom stereocenters. The third-order valence-corrected chi connectivity index (χ3v) is 7.68. The van der Waals surface area contributed by atoms with Crippen molar-refractivity contribution in [1.82, 2.24) is 4.31 Å². The van der Waals surface area contributed by atoms with Gasteiger partial charge in [-0.05, 0) is 31.0 Å². The molecule has 130 valence electrons. The predicted octanol–water partition coefficient (Wildman–Crippen LogP) is -0.556. The van der Waals surface area contributed by atoms with E-state index >= 15 is 0 Å². The first-order chi connectivity index (χ1) is 10.6. The van der Waals surface area contributed by atoms with Crippen LogP contribution in [0, 0.1) is 13.8 Å². The van der Waals surface area contributed by atoms with Crippen LogP contribution < -0.4 is 0 Å². The first-order valence-electron chi connectivity index (χ1n) is 7.17. The zero-order valence-corrected chi connectivity index (χ0v) is 14.6. The third-order valence-electron chi connectivity index (χ3n) is 3.91. The topological polar surface area (TPSA) is 112 Å². The Morgan fingerprint density at radius 1 is 1.26 bits per heavy atom. The number of sulfone groups is 1. The van der Waals surface area contributed by atoms with Crippen molar-refractivity contribution in [3.63, 3.8) is 0 Å². The van der Waals surface area contributed by atoms with E-state index in [1.165, 1.54) is 6.07 Å². The Hall–Kier alpha value is -1.00. The molecule has 0 radical (unpaired) electrons. The van der Waals surface area contributed by atoms with Gasteiger partial charge in [0.2, 0.25) is 10.0 Å². The first-order valence-corrected chi connectivity index (χ1v) is 10.4. The number of aliphatic hydroxyl groups is 2. The van der Waals surface area contributed by atoms with Crippen molar-refractivity contribution in [1.29, 1.82) is 0 Å². The molecule has 1 heterocycles. The molecule has 0 saturated carbocycles. The smallest absolute Gasteiger partial charge is 0.243 e. The Kier molecular flexibility index (Phi) is 5.17. The van der Waals surface area contributed by atoms with Crippen LogP contribution in [0.5, 0.6) is 0 Å². The van der Waals surface area contributed by atoms with Crippen LogP contribution in [-0.4, -0.2) is 68.2 Å². The second-order valence-electron chi connectivity index (χ2n) is 5.82. The van der Waals surface area contributed by atoms with E-state index in [9.17, 15) is 27.0 Å². The fourth-order valence-electron chi connectivity index (χ4n) is 2.76. The summed E-state index contributed by atoms with van der Waals surface area (Å²) in [4.78, 5) is 0.0578. The molecule has 9 heteroatoms. The molecule has 23 heavy (non-hydrogen) atoms. The second kappa shape index (κ2) is 6.48. The largest absolute Gasteiger partial charge is 0.395 e. The number of aliphatic hydroxyl groups excluding tert-OH is 2. The Morgan fingerprint density at radius 2 is 1.91 bits per heavy atom. The van der Waals surface area contributed by atoms with E-state index < -0.39 is 50.1 Å². The van der Waals surface area contributed by atoms with Crippen molar-refractivity contribution in [2.75, 3.05) is 24.7 Å². The van der Waals surface area contributed by atoms with Crippen molar-refractivity contribution in [3.05, 3.63) is 29.3 Å². The Labute approximate surface area is 136 Å². The van der Waals surface area contributed by atoms with E-state index in [1.54, 1.807) is 26.0 Å². The molecule has 0 aromatic heterocycles. The standard InChI is InChI=1S/C14H21NO6S2/c1-10-3-4-11(2)14(7-10)23(20,21)15(5-6-16)12-8-22(18,19)9-13(12)17/h3-4,7,12-13,16-17H,5-6,8-9H2,1-2H3/t12-,13-/m0/s1. The van der Waals surface area contributed by atoms with Gasteiger partial charge in [0.15, 0.2) is 9.84 Å². The highest BCUT2D eigenvalue weighted by Gasteiger charge is 2.44. The fourth-order valence-corrected chi connectivity index (χ4v) is 6.61. The van der Waals surface area contributed by atoms with Crippen molar-refractivity contribution in [2.24, 2.45) is 0 Å². The minimum atomic E-state index is -4.03. The summed E-state index contributed by atoms with van der Waals surface area (Å²) < 4.78 is 50.2. The Morgan fingerprint density at radius 3 is 2.43 bits per heavy atom. The van der Waals surface area contributed by atoms with Crippen LogP contribution in [0.4, 0.5) is 0 Å². The Balaban J connectivity index is 2.50. The van der Waals surface area contributed by atoms with E-state index in [4.69, 9.17) is 0 Å². The number of hydrogen-bond acceptors (Lipinski definition) is 6. The molecular weight excluding hydrogens is 342 g/mol. The lowest BCUT2D eigenvalue weighted by Crippen LogP contribution is -2.48. The van der Waals surface area contributed by atoms with Gasteiger partial charge in [0.1, 0.15) is 0 Å². The van der Waals surface area contributed by atoms with Crippen molar-refractivity contribution >= 4 is 19.9 Å². The average molecular weight is 363 g/mol. The van der Waals surface area contributed by atoms with Gasteiger partial charge in [0.05, 0.1) is 35.2 Å². The maximum Gasteiger partial charge on any atom is 0.243 e. The third kappa shape index (κ3) is 3.74. The van der Waals surface area contributed by atoms with E-state index in [-0.39, 0.29) is 11.4 Å². The quantitative estimate of drug-likeness (QED) is 0.726. The highest BCUT2D eigenvalue weighted by Crippen LogP contribution is 2.27. The van der Waals surface area contributed by atoms with E-state index in [2.05, 4.69) is 0 Å². The monoisotopic (exact) mass is 363 g/mol. The van der Waals surface area contributed by atoms with Crippen LogP contribution >= 0.6 is 0 Å². The molecule has 0 amide bonds. The zero-order valence-electron chi connectivity index (χ0n) is 13.0. The van der Waals surface area contributed by atoms with Gasteiger partial charge in [-0.2, -0.15) is 4.31 Å². The maximum absolute atomic E-state index is 12.9. The summed E-state index contributed by atoms with van der Waals surface area (Å²) in [7, 11) is -7.54. The summed E-state index contributed by atoms with van der Waals surface area (Å²) in [5, 5.41) is 19.2.